The number of hydrogen-bond acceptors (Lipinski definition) is 3. The molecule has 0 fully saturated rings. The summed E-state index contributed by atoms with van der Waals surface area (Å²) in [6, 6.07) is 22.6. The lowest BCUT2D eigenvalue weighted by atomic mass is 10.4. The van der Waals surface area contributed by atoms with Crippen molar-refractivity contribution in [3.8, 4) is 0 Å². The van der Waals surface area contributed by atoms with Gasteiger partial charge in [0.05, 0.1) is 0 Å². The summed E-state index contributed by atoms with van der Waals surface area (Å²) in [5.41, 5.74) is 0. The summed E-state index contributed by atoms with van der Waals surface area (Å²) < 4.78 is 18.0. The maximum Gasteiger partial charge on any atom is 0.500 e. The van der Waals surface area contributed by atoms with E-state index < -0.39 is 8.80 Å². The highest BCUT2D eigenvalue weighted by Crippen LogP contribution is 2.35. The van der Waals surface area contributed by atoms with Crippen molar-refractivity contribution in [2.45, 2.75) is 33.2 Å². The number of hydrogen-bond donors (Lipinski definition) is 0. The van der Waals surface area contributed by atoms with Gasteiger partial charge in [-0.25, -0.2) is 0 Å². The van der Waals surface area contributed by atoms with Crippen LogP contribution in [0.25, 0.3) is 0 Å². The van der Waals surface area contributed by atoms with E-state index in [1.54, 1.807) is 0 Å². The Morgan fingerprint density at radius 2 is 1.12 bits per heavy atom. The van der Waals surface area contributed by atoms with Crippen molar-refractivity contribution < 1.29 is 13.3 Å². The monoisotopic (exact) mass is 390 g/mol. The minimum atomic E-state index is -2.55. The van der Waals surface area contributed by atoms with Gasteiger partial charge in [0.25, 0.3) is 0 Å². The van der Waals surface area contributed by atoms with Crippen LogP contribution in [0.15, 0.2) is 60.7 Å². The lowest BCUT2D eigenvalue weighted by Gasteiger charge is -2.29. The van der Waals surface area contributed by atoms with E-state index >= 15 is 0 Å². The van der Waals surface area contributed by atoms with Gasteiger partial charge in [0, 0.05) is 25.9 Å². The molecular weight excluding hydrogens is 359 g/mol. The second kappa shape index (κ2) is 11.6. The number of benzene rings is 2. The summed E-state index contributed by atoms with van der Waals surface area (Å²) in [6.45, 7) is 7.96. The second-order valence-corrected chi connectivity index (χ2v) is 11.0. The van der Waals surface area contributed by atoms with Crippen molar-refractivity contribution >= 4 is 27.3 Å². The minimum Gasteiger partial charge on any atom is -0.374 e. The van der Waals surface area contributed by atoms with Crippen LogP contribution in [0.4, 0.5) is 0 Å². The molecule has 0 radical (unpaired) electrons. The first-order valence-electron chi connectivity index (χ1n) is 9.54. The van der Waals surface area contributed by atoms with Crippen molar-refractivity contribution in [1.29, 1.82) is 0 Å². The van der Waals surface area contributed by atoms with Gasteiger partial charge < -0.3 is 13.3 Å². The molecule has 2 aromatic carbocycles. The standard InChI is InChI=1S/C21H31O3PSi/c1-4-22-26(23-5-2,24-6-3)19-13-18-25(20-14-9-7-10-15-20)21-16-11-8-12-17-21/h7-12,14-17H,4-6,13,18-19H2,1-3H3. The lowest BCUT2D eigenvalue weighted by Crippen LogP contribution is -2.46. The Hall–Kier alpha value is -1.03. The third-order valence-electron chi connectivity index (χ3n) is 4.09. The van der Waals surface area contributed by atoms with E-state index in [0.717, 1.165) is 18.6 Å². The molecule has 2 rings (SSSR count). The summed E-state index contributed by atoms with van der Waals surface area (Å²) in [7, 11) is -2.93. The Labute approximate surface area is 160 Å². The van der Waals surface area contributed by atoms with Crippen LogP contribution in [0.1, 0.15) is 27.2 Å². The van der Waals surface area contributed by atoms with E-state index in [1.807, 2.05) is 20.8 Å². The maximum absolute atomic E-state index is 6.01. The van der Waals surface area contributed by atoms with Gasteiger partial charge in [0.15, 0.2) is 0 Å². The first kappa shape index (κ1) is 21.3. The molecular formula is C21H31O3PSi. The molecule has 0 atom stereocenters. The quantitative estimate of drug-likeness (QED) is 0.393. The van der Waals surface area contributed by atoms with Gasteiger partial charge >= 0.3 is 8.80 Å². The smallest absolute Gasteiger partial charge is 0.374 e. The van der Waals surface area contributed by atoms with E-state index in [1.165, 1.54) is 10.6 Å². The van der Waals surface area contributed by atoms with E-state index in [-0.39, 0.29) is 7.92 Å². The van der Waals surface area contributed by atoms with Crippen LogP contribution in [0.5, 0.6) is 0 Å². The van der Waals surface area contributed by atoms with E-state index in [2.05, 4.69) is 60.7 Å². The molecule has 0 saturated heterocycles. The molecule has 0 amide bonds. The highest BCUT2D eigenvalue weighted by Gasteiger charge is 2.39. The van der Waals surface area contributed by atoms with Crippen LogP contribution in [0.3, 0.4) is 0 Å². The predicted octanol–water partition coefficient (Wildman–Crippen LogP) is 4.56. The van der Waals surface area contributed by atoms with Gasteiger partial charge in [-0.2, -0.15) is 0 Å². The third-order valence-corrected chi connectivity index (χ3v) is 9.85. The van der Waals surface area contributed by atoms with Gasteiger partial charge in [-0.1, -0.05) is 60.7 Å². The van der Waals surface area contributed by atoms with Gasteiger partial charge in [-0.3, -0.25) is 0 Å². The molecule has 26 heavy (non-hydrogen) atoms. The minimum absolute atomic E-state index is 0.376. The SMILES string of the molecule is CCO[Si](CCCP(c1ccccc1)c1ccccc1)(OCC)OCC. The molecule has 3 nitrogen and oxygen atoms in total. The van der Waals surface area contributed by atoms with E-state index in [4.69, 9.17) is 13.3 Å². The van der Waals surface area contributed by atoms with Gasteiger partial charge in [0.2, 0.25) is 0 Å². The zero-order valence-corrected chi connectivity index (χ0v) is 18.1. The largest absolute Gasteiger partial charge is 0.500 e. The normalized spacial score (nSPS) is 11.8. The van der Waals surface area contributed by atoms with Crippen molar-refractivity contribution in [1.82, 2.24) is 0 Å². The van der Waals surface area contributed by atoms with Crippen LogP contribution in [0.2, 0.25) is 6.04 Å². The Kier molecular flexibility index (Phi) is 9.52. The zero-order valence-electron chi connectivity index (χ0n) is 16.2. The first-order valence-corrected chi connectivity index (χ1v) is 13.0. The van der Waals surface area contributed by atoms with Crippen LogP contribution in [-0.4, -0.2) is 34.8 Å². The molecule has 0 aliphatic rings. The second-order valence-electron chi connectivity index (χ2n) is 5.91. The Balaban J connectivity index is 2.11. The van der Waals surface area contributed by atoms with Crippen LogP contribution in [0, 0.1) is 0 Å². The summed E-state index contributed by atoms with van der Waals surface area (Å²) in [6.07, 6.45) is 2.16. The van der Waals surface area contributed by atoms with Crippen molar-refractivity contribution in [2.75, 3.05) is 26.0 Å². The molecule has 2 aromatic rings. The molecule has 0 bridgehead atoms. The zero-order chi connectivity index (χ0) is 18.7. The van der Waals surface area contributed by atoms with Crippen molar-refractivity contribution in [2.24, 2.45) is 0 Å². The molecule has 0 N–H and O–H groups in total. The Bertz CT molecular complexity index is 553. The van der Waals surface area contributed by atoms with E-state index in [9.17, 15) is 0 Å². The topological polar surface area (TPSA) is 27.7 Å². The van der Waals surface area contributed by atoms with Crippen molar-refractivity contribution in [3.05, 3.63) is 60.7 Å². The third kappa shape index (κ3) is 6.29. The molecule has 0 unspecified atom stereocenters. The molecule has 0 aliphatic carbocycles. The fraction of sp³-hybridized carbons (Fsp3) is 0.429. The molecule has 0 aliphatic heterocycles. The van der Waals surface area contributed by atoms with Crippen molar-refractivity contribution in [3.63, 3.8) is 0 Å². The van der Waals surface area contributed by atoms with Crippen LogP contribution < -0.4 is 10.6 Å². The summed E-state index contributed by atoms with van der Waals surface area (Å²) >= 11 is 0. The molecule has 0 heterocycles. The summed E-state index contributed by atoms with van der Waals surface area (Å²) in [4.78, 5) is 0. The lowest BCUT2D eigenvalue weighted by molar-refractivity contribution is 0.0712. The molecule has 0 aromatic heterocycles. The average molecular weight is 391 g/mol. The maximum atomic E-state index is 6.01. The number of rotatable bonds is 12. The Morgan fingerprint density at radius 1 is 0.692 bits per heavy atom. The highest BCUT2D eigenvalue weighted by atomic mass is 31.1. The Morgan fingerprint density at radius 3 is 1.50 bits per heavy atom. The summed E-state index contributed by atoms with van der Waals surface area (Å²) in [5, 5.41) is 2.84. The molecule has 0 saturated carbocycles. The molecule has 0 spiro atoms. The van der Waals surface area contributed by atoms with Crippen LogP contribution in [-0.2, 0) is 13.3 Å². The van der Waals surface area contributed by atoms with E-state index in [0.29, 0.717) is 19.8 Å². The van der Waals surface area contributed by atoms with Gasteiger partial charge in [0.1, 0.15) is 0 Å². The fourth-order valence-electron chi connectivity index (χ4n) is 3.08. The first-order chi connectivity index (χ1) is 12.7. The fourth-order valence-corrected chi connectivity index (χ4v) is 8.34. The predicted molar refractivity (Wildman–Crippen MR) is 114 cm³/mol. The molecule has 142 valence electrons. The molecule has 5 heteroatoms. The summed E-state index contributed by atoms with van der Waals surface area (Å²) in [5.74, 6) is 0. The van der Waals surface area contributed by atoms with Gasteiger partial charge in [-0.15, -0.1) is 0 Å². The highest BCUT2D eigenvalue weighted by molar-refractivity contribution is 7.73. The van der Waals surface area contributed by atoms with Crippen LogP contribution >= 0.6 is 7.92 Å². The van der Waals surface area contributed by atoms with Gasteiger partial charge in [-0.05, 0) is 51.9 Å². The average Bonchev–Trinajstić information content (AvgIpc) is 2.67.